The number of methoxy groups -OCH3 is 1. The SMILES string of the molecule is COC(=O)c1onc(-c2ccc(C(F)(F)F)cc2)c1C. The first-order chi connectivity index (χ1) is 9.34. The highest BCUT2D eigenvalue weighted by Crippen LogP contribution is 2.32. The summed E-state index contributed by atoms with van der Waals surface area (Å²) in [6.45, 7) is 1.58. The lowest BCUT2D eigenvalue weighted by Crippen LogP contribution is -2.04. The van der Waals surface area contributed by atoms with Crippen LogP contribution in [0, 0.1) is 6.92 Å². The van der Waals surface area contributed by atoms with Crippen molar-refractivity contribution < 1.29 is 27.2 Å². The van der Waals surface area contributed by atoms with E-state index in [1.54, 1.807) is 6.92 Å². The van der Waals surface area contributed by atoms with Crippen LogP contribution in [0.15, 0.2) is 28.8 Å². The first-order valence-electron chi connectivity index (χ1n) is 5.57. The Kier molecular flexibility index (Phi) is 3.52. The van der Waals surface area contributed by atoms with Gasteiger partial charge in [0.2, 0.25) is 5.76 Å². The second-order valence-electron chi connectivity index (χ2n) is 4.05. The first kappa shape index (κ1) is 14.1. The molecule has 20 heavy (non-hydrogen) atoms. The Morgan fingerprint density at radius 2 is 1.85 bits per heavy atom. The standard InChI is InChI=1S/C13H10F3NO3/c1-7-10(17-20-11(7)12(18)19-2)8-3-5-9(6-4-8)13(14,15)16/h3-6H,1-2H3. The molecule has 7 heteroatoms. The smallest absolute Gasteiger partial charge is 0.416 e. The molecule has 0 radical (unpaired) electrons. The fraction of sp³-hybridized carbons (Fsp3) is 0.231. The van der Waals surface area contributed by atoms with Gasteiger partial charge in [0.05, 0.1) is 12.7 Å². The van der Waals surface area contributed by atoms with Crippen LogP contribution in [0.2, 0.25) is 0 Å². The maximum absolute atomic E-state index is 12.5. The third kappa shape index (κ3) is 2.52. The third-order valence-corrected chi connectivity index (χ3v) is 2.78. The fourth-order valence-electron chi connectivity index (χ4n) is 1.71. The summed E-state index contributed by atoms with van der Waals surface area (Å²) in [6.07, 6.45) is -4.39. The van der Waals surface area contributed by atoms with Gasteiger partial charge in [0.25, 0.3) is 0 Å². The van der Waals surface area contributed by atoms with Crippen molar-refractivity contribution in [2.24, 2.45) is 0 Å². The van der Waals surface area contributed by atoms with Crippen LogP contribution in [-0.2, 0) is 10.9 Å². The summed E-state index contributed by atoms with van der Waals surface area (Å²) >= 11 is 0. The first-order valence-corrected chi connectivity index (χ1v) is 5.57. The summed E-state index contributed by atoms with van der Waals surface area (Å²) in [7, 11) is 1.20. The van der Waals surface area contributed by atoms with E-state index in [4.69, 9.17) is 4.52 Å². The van der Waals surface area contributed by atoms with Crippen LogP contribution in [0.5, 0.6) is 0 Å². The molecule has 0 amide bonds. The molecule has 0 bridgehead atoms. The van der Waals surface area contributed by atoms with Crippen molar-refractivity contribution in [1.82, 2.24) is 5.16 Å². The molecule has 0 N–H and O–H groups in total. The number of carbonyl (C=O) groups is 1. The highest BCUT2D eigenvalue weighted by atomic mass is 19.4. The molecule has 106 valence electrons. The van der Waals surface area contributed by atoms with Crippen LogP contribution < -0.4 is 0 Å². The number of esters is 1. The number of rotatable bonds is 2. The topological polar surface area (TPSA) is 52.3 Å². The van der Waals surface area contributed by atoms with Gasteiger partial charge >= 0.3 is 12.1 Å². The van der Waals surface area contributed by atoms with Crippen LogP contribution in [0.1, 0.15) is 21.7 Å². The summed E-state index contributed by atoms with van der Waals surface area (Å²) in [5.41, 5.74) is 0.390. The van der Waals surface area contributed by atoms with E-state index in [0.717, 1.165) is 12.1 Å². The zero-order valence-electron chi connectivity index (χ0n) is 10.6. The molecule has 0 saturated carbocycles. The molecular formula is C13H10F3NO3. The largest absolute Gasteiger partial charge is 0.463 e. The second-order valence-corrected chi connectivity index (χ2v) is 4.05. The maximum atomic E-state index is 12.5. The molecule has 1 aromatic carbocycles. The van der Waals surface area contributed by atoms with Gasteiger partial charge in [-0.2, -0.15) is 13.2 Å². The molecule has 0 saturated heterocycles. The minimum absolute atomic E-state index is 0.0672. The summed E-state index contributed by atoms with van der Waals surface area (Å²) < 4.78 is 46.7. The van der Waals surface area contributed by atoms with Gasteiger partial charge in [-0.05, 0) is 19.1 Å². The van der Waals surface area contributed by atoms with E-state index in [-0.39, 0.29) is 5.76 Å². The Bertz CT molecular complexity index is 629. The quantitative estimate of drug-likeness (QED) is 0.793. The number of aromatic nitrogens is 1. The van der Waals surface area contributed by atoms with E-state index in [2.05, 4.69) is 9.89 Å². The molecular weight excluding hydrogens is 275 g/mol. The third-order valence-electron chi connectivity index (χ3n) is 2.78. The van der Waals surface area contributed by atoms with Crippen molar-refractivity contribution in [3.05, 3.63) is 41.2 Å². The van der Waals surface area contributed by atoms with Gasteiger partial charge in [-0.25, -0.2) is 4.79 Å². The van der Waals surface area contributed by atoms with E-state index >= 15 is 0 Å². The lowest BCUT2D eigenvalue weighted by atomic mass is 10.1. The van der Waals surface area contributed by atoms with Crippen LogP contribution in [0.4, 0.5) is 13.2 Å². The Morgan fingerprint density at radius 3 is 2.35 bits per heavy atom. The van der Waals surface area contributed by atoms with Crippen molar-refractivity contribution in [3.63, 3.8) is 0 Å². The van der Waals surface area contributed by atoms with Gasteiger partial charge in [-0.15, -0.1) is 0 Å². The molecule has 1 aromatic heterocycles. The summed E-state index contributed by atoms with van der Waals surface area (Å²) in [4.78, 5) is 11.4. The summed E-state index contributed by atoms with van der Waals surface area (Å²) in [6, 6.07) is 4.44. The molecule has 4 nitrogen and oxygen atoms in total. The van der Waals surface area contributed by atoms with Crippen LogP contribution >= 0.6 is 0 Å². The number of alkyl halides is 3. The number of hydrogen-bond acceptors (Lipinski definition) is 4. The molecule has 2 aromatic rings. The van der Waals surface area contributed by atoms with Gasteiger partial charge in [-0.1, -0.05) is 17.3 Å². The second kappa shape index (κ2) is 4.99. The lowest BCUT2D eigenvalue weighted by molar-refractivity contribution is -0.137. The van der Waals surface area contributed by atoms with E-state index < -0.39 is 17.7 Å². The van der Waals surface area contributed by atoms with Crippen LogP contribution in [0.3, 0.4) is 0 Å². The Balaban J connectivity index is 2.38. The van der Waals surface area contributed by atoms with Gasteiger partial charge in [-0.3, -0.25) is 0 Å². The number of hydrogen-bond donors (Lipinski definition) is 0. The molecule has 0 spiro atoms. The number of halogens is 3. The van der Waals surface area contributed by atoms with Gasteiger partial charge < -0.3 is 9.26 Å². The minimum atomic E-state index is -4.39. The molecule has 0 unspecified atom stereocenters. The summed E-state index contributed by atoms with van der Waals surface area (Å²) in [5, 5.41) is 3.69. The molecule has 0 aliphatic rings. The van der Waals surface area contributed by atoms with Crippen molar-refractivity contribution in [2.75, 3.05) is 7.11 Å². The normalized spacial score (nSPS) is 11.4. The number of carbonyl (C=O) groups excluding carboxylic acids is 1. The molecule has 0 atom stereocenters. The Morgan fingerprint density at radius 1 is 1.25 bits per heavy atom. The zero-order valence-corrected chi connectivity index (χ0v) is 10.6. The predicted octanol–water partition coefficient (Wildman–Crippen LogP) is 3.46. The number of benzene rings is 1. The van der Waals surface area contributed by atoms with Crippen LogP contribution in [0.25, 0.3) is 11.3 Å². The monoisotopic (exact) mass is 285 g/mol. The van der Waals surface area contributed by atoms with E-state index in [1.807, 2.05) is 0 Å². The molecule has 1 heterocycles. The van der Waals surface area contributed by atoms with Gasteiger partial charge in [0.15, 0.2) is 0 Å². The Hall–Kier alpha value is -2.31. The molecule has 0 aliphatic carbocycles. The molecule has 0 aliphatic heterocycles. The molecule has 2 rings (SSSR count). The zero-order chi connectivity index (χ0) is 14.9. The minimum Gasteiger partial charge on any atom is -0.463 e. The van der Waals surface area contributed by atoms with Gasteiger partial charge in [0, 0.05) is 11.1 Å². The van der Waals surface area contributed by atoms with Crippen LogP contribution in [-0.4, -0.2) is 18.2 Å². The highest BCUT2D eigenvalue weighted by molar-refractivity contribution is 5.89. The van der Waals surface area contributed by atoms with Crippen molar-refractivity contribution in [3.8, 4) is 11.3 Å². The highest BCUT2D eigenvalue weighted by Gasteiger charge is 2.30. The number of ether oxygens (including phenoxy) is 1. The van der Waals surface area contributed by atoms with Crippen molar-refractivity contribution in [2.45, 2.75) is 13.1 Å². The van der Waals surface area contributed by atoms with E-state index in [9.17, 15) is 18.0 Å². The Labute approximate surface area is 112 Å². The summed E-state index contributed by atoms with van der Waals surface area (Å²) in [5.74, 6) is -0.754. The fourth-order valence-corrected chi connectivity index (χ4v) is 1.71. The average molecular weight is 285 g/mol. The van der Waals surface area contributed by atoms with Crippen molar-refractivity contribution in [1.29, 1.82) is 0 Å². The van der Waals surface area contributed by atoms with Gasteiger partial charge in [0.1, 0.15) is 5.69 Å². The maximum Gasteiger partial charge on any atom is 0.416 e. The predicted molar refractivity (Wildman–Crippen MR) is 63.0 cm³/mol. The average Bonchev–Trinajstić information content (AvgIpc) is 2.79. The number of nitrogens with zero attached hydrogens (tertiary/aromatic N) is 1. The van der Waals surface area contributed by atoms with Crippen molar-refractivity contribution >= 4 is 5.97 Å². The molecule has 0 fully saturated rings. The lowest BCUT2D eigenvalue weighted by Gasteiger charge is -2.06. The van der Waals surface area contributed by atoms with E-state index in [0.29, 0.717) is 16.8 Å². The van der Waals surface area contributed by atoms with E-state index in [1.165, 1.54) is 19.2 Å².